The smallest absolute Gasteiger partial charge is 0.222 e. The van der Waals surface area contributed by atoms with Crippen molar-refractivity contribution in [2.24, 2.45) is 0 Å². The van der Waals surface area contributed by atoms with Gasteiger partial charge in [-0.3, -0.25) is 4.79 Å². The first kappa shape index (κ1) is 12.5. The molecule has 3 rings (SSSR count). The minimum atomic E-state index is -0.177. The van der Waals surface area contributed by atoms with Crippen LogP contribution in [-0.4, -0.2) is 22.0 Å². The van der Waals surface area contributed by atoms with E-state index in [1.54, 1.807) is 0 Å². The Kier molecular flexibility index (Phi) is 2.97. The zero-order valence-corrected chi connectivity index (χ0v) is 11.7. The summed E-state index contributed by atoms with van der Waals surface area (Å²) in [7, 11) is 0. The number of alkyl halides is 1. The number of fused-ring (bicyclic) bond motifs is 1. The minimum Gasteiger partial charge on any atom is -0.354 e. The van der Waals surface area contributed by atoms with Crippen LogP contribution in [-0.2, 0) is 4.79 Å². The highest BCUT2D eigenvalue weighted by Crippen LogP contribution is 2.30. The van der Waals surface area contributed by atoms with Crippen LogP contribution in [0.15, 0.2) is 18.2 Å². The van der Waals surface area contributed by atoms with Crippen molar-refractivity contribution in [1.82, 2.24) is 14.9 Å². The van der Waals surface area contributed by atoms with Crippen LogP contribution in [0.3, 0.4) is 0 Å². The molecule has 2 heterocycles. The maximum absolute atomic E-state index is 11.4. The lowest BCUT2D eigenvalue weighted by Crippen LogP contribution is -2.17. The van der Waals surface area contributed by atoms with Crippen LogP contribution in [0.5, 0.6) is 0 Å². The summed E-state index contributed by atoms with van der Waals surface area (Å²) in [6.45, 7) is 4.61. The molecule has 2 atom stereocenters. The monoisotopic (exact) mass is 277 g/mol. The third-order valence-corrected chi connectivity index (χ3v) is 3.74. The Bertz CT molecular complexity index is 647. The summed E-state index contributed by atoms with van der Waals surface area (Å²) in [5, 5.41) is 2.69. The average Bonchev–Trinajstić information content (AvgIpc) is 2.91. The minimum absolute atomic E-state index is 0.0899. The van der Waals surface area contributed by atoms with E-state index in [-0.39, 0.29) is 17.3 Å². The lowest BCUT2D eigenvalue weighted by Gasteiger charge is -2.16. The first-order valence-electron chi connectivity index (χ1n) is 6.45. The summed E-state index contributed by atoms with van der Waals surface area (Å²) < 4.78 is 2.12. The first-order chi connectivity index (χ1) is 9.06. The van der Waals surface area contributed by atoms with E-state index < -0.39 is 0 Å². The van der Waals surface area contributed by atoms with E-state index in [4.69, 9.17) is 11.6 Å². The maximum atomic E-state index is 11.4. The maximum Gasteiger partial charge on any atom is 0.222 e. The van der Waals surface area contributed by atoms with E-state index in [1.807, 2.05) is 13.8 Å². The third-order valence-electron chi connectivity index (χ3n) is 3.55. The van der Waals surface area contributed by atoms with E-state index in [1.165, 1.54) is 5.56 Å². The predicted octanol–water partition coefficient (Wildman–Crippen LogP) is 2.71. The van der Waals surface area contributed by atoms with Crippen LogP contribution in [0.1, 0.15) is 36.2 Å². The topological polar surface area (TPSA) is 46.9 Å². The van der Waals surface area contributed by atoms with Crippen molar-refractivity contribution in [3.63, 3.8) is 0 Å². The molecule has 0 radical (unpaired) electrons. The zero-order valence-electron chi connectivity index (χ0n) is 11.0. The van der Waals surface area contributed by atoms with Crippen molar-refractivity contribution in [2.45, 2.75) is 31.7 Å². The summed E-state index contributed by atoms with van der Waals surface area (Å²) in [6, 6.07) is 6.28. The van der Waals surface area contributed by atoms with Gasteiger partial charge in [0.05, 0.1) is 22.5 Å². The van der Waals surface area contributed by atoms with Gasteiger partial charge in [0.25, 0.3) is 0 Å². The Balaban J connectivity index is 2.19. The van der Waals surface area contributed by atoms with Gasteiger partial charge in [-0.25, -0.2) is 4.98 Å². The van der Waals surface area contributed by atoms with Crippen LogP contribution in [0.4, 0.5) is 0 Å². The number of carbonyl (C=O) groups is 1. The number of carbonyl (C=O) groups excluding carboxylic acids is 1. The number of aryl methyl sites for hydroxylation is 1. The molecule has 19 heavy (non-hydrogen) atoms. The second-order valence-electron chi connectivity index (χ2n) is 5.11. The quantitative estimate of drug-likeness (QED) is 0.858. The van der Waals surface area contributed by atoms with Crippen LogP contribution in [0, 0.1) is 6.92 Å². The number of benzene rings is 1. The van der Waals surface area contributed by atoms with Gasteiger partial charge < -0.3 is 9.88 Å². The van der Waals surface area contributed by atoms with Crippen molar-refractivity contribution in [3.8, 4) is 0 Å². The lowest BCUT2D eigenvalue weighted by molar-refractivity contribution is -0.119. The molecule has 1 amide bonds. The second kappa shape index (κ2) is 4.53. The molecule has 4 nitrogen and oxygen atoms in total. The van der Waals surface area contributed by atoms with Crippen molar-refractivity contribution < 1.29 is 4.79 Å². The van der Waals surface area contributed by atoms with E-state index in [0.29, 0.717) is 13.0 Å². The SMILES string of the molecule is Cc1ccc2c(c1)nc(C(C)Cl)n2C1CNC(=O)C1. The van der Waals surface area contributed by atoms with Crippen LogP contribution >= 0.6 is 11.6 Å². The van der Waals surface area contributed by atoms with E-state index in [2.05, 4.69) is 33.1 Å². The Morgan fingerprint density at radius 1 is 1.53 bits per heavy atom. The molecule has 0 bridgehead atoms. The zero-order chi connectivity index (χ0) is 13.6. The Hall–Kier alpha value is -1.55. The molecule has 0 spiro atoms. The molecule has 1 aliphatic rings. The van der Waals surface area contributed by atoms with E-state index in [0.717, 1.165) is 16.9 Å². The normalized spacial score (nSPS) is 20.8. The van der Waals surface area contributed by atoms with Gasteiger partial charge in [0.15, 0.2) is 0 Å². The van der Waals surface area contributed by atoms with Crippen LogP contribution in [0.2, 0.25) is 0 Å². The number of aromatic nitrogens is 2. The number of nitrogens with one attached hydrogen (secondary N) is 1. The molecule has 100 valence electrons. The van der Waals surface area contributed by atoms with Crippen molar-refractivity contribution in [2.75, 3.05) is 6.54 Å². The highest BCUT2D eigenvalue weighted by atomic mass is 35.5. The Morgan fingerprint density at radius 3 is 2.95 bits per heavy atom. The third kappa shape index (κ3) is 2.10. The van der Waals surface area contributed by atoms with Crippen LogP contribution in [0.25, 0.3) is 11.0 Å². The second-order valence-corrected chi connectivity index (χ2v) is 5.76. The summed E-state index contributed by atoms with van der Waals surface area (Å²) in [5.41, 5.74) is 3.17. The number of hydrogen-bond acceptors (Lipinski definition) is 2. The first-order valence-corrected chi connectivity index (χ1v) is 6.89. The number of halogens is 1. The number of hydrogen-bond donors (Lipinski definition) is 1. The summed E-state index contributed by atoms with van der Waals surface area (Å²) >= 11 is 6.25. The van der Waals surface area contributed by atoms with Crippen LogP contribution < -0.4 is 5.32 Å². The van der Waals surface area contributed by atoms with E-state index in [9.17, 15) is 4.79 Å². The summed E-state index contributed by atoms with van der Waals surface area (Å²) in [5.74, 6) is 0.927. The molecule has 5 heteroatoms. The Labute approximate surface area is 116 Å². The van der Waals surface area contributed by atoms with Gasteiger partial charge in [-0.2, -0.15) is 0 Å². The Morgan fingerprint density at radius 2 is 2.32 bits per heavy atom. The van der Waals surface area contributed by atoms with E-state index >= 15 is 0 Å². The van der Waals surface area contributed by atoms with Gasteiger partial charge in [0, 0.05) is 13.0 Å². The molecule has 1 N–H and O–H groups in total. The van der Waals surface area contributed by atoms with Gasteiger partial charge in [-0.05, 0) is 31.5 Å². The lowest BCUT2D eigenvalue weighted by atomic mass is 10.2. The number of amides is 1. The largest absolute Gasteiger partial charge is 0.354 e. The molecule has 1 aromatic heterocycles. The average molecular weight is 278 g/mol. The molecule has 1 fully saturated rings. The fourth-order valence-corrected chi connectivity index (χ4v) is 2.82. The molecular formula is C14H16ClN3O. The molecule has 2 unspecified atom stereocenters. The number of imidazole rings is 1. The van der Waals surface area contributed by atoms with Crippen molar-refractivity contribution in [1.29, 1.82) is 0 Å². The molecule has 1 saturated heterocycles. The molecule has 1 aliphatic heterocycles. The highest BCUT2D eigenvalue weighted by molar-refractivity contribution is 6.20. The standard InChI is InChI=1S/C14H16ClN3O/c1-8-3-4-12-11(5-8)17-14(9(2)15)18(12)10-6-13(19)16-7-10/h3-5,9-10H,6-7H2,1-2H3,(H,16,19). The van der Waals surface area contributed by atoms with Gasteiger partial charge in [0.1, 0.15) is 5.82 Å². The fraction of sp³-hybridized carbons (Fsp3) is 0.429. The molecular weight excluding hydrogens is 262 g/mol. The highest BCUT2D eigenvalue weighted by Gasteiger charge is 2.28. The predicted molar refractivity (Wildman–Crippen MR) is 75.4 cm³/mol. The van der Waals surface area contributed by atoms with Gasteiger partial charge in [-0.1, -0.05) is 6.07 Å². The molecule has 0 saturated carbocycles. The van der Waals surface area contributed by atoms with Gasteiger partial charge in [-0.15, -0.1) is 11.6 Å². The fourth-order valence-electron chi connectivity index (χ4n) is 2.66. The molecule has 0 aliphatic carbocycles. The number of rotatable bonds is 2. The summed E-state index contributed by atoms with van der Waals surface area (Å²) in [6.07, 6.45) is 0.496. The molecule has 1 aromatic carbocycles. The van der Waals surface area contributed by atoms with Gasteiger partial charge >= 0.3 is 0 Å². The summed E-state index contributed by atoms with van der Waals surface area (Å²) in [4.78, 5) is 16.1. The number of nitrogens with zero attached hydrogens (tertiary/aromatic N) is 2. The molecule has 2 aromatic rings. The van der Waals surface area contributed by atoms with Crippen molar-refractivity contribution in [3.05, 3.63) is 29.6 Å². The van der Waals surface area contributed by atoms with Crippen molar-refractivity contribution >= 4 is 28.5 Å². The van der Waals surface area contributed by atoms with Gasteiger partial charge in [0.2, 0.25) is 5.91 Å².